The van der Waals surface area contributed by atoms with Crippen LogP contribution in [0.4, 0.5) is 0 Å². The van der Waals surface area contributed by atoms with Crippen molar-refractivity contribution in [2.24, 2.45) is 0 Å². The van der Waals surface area contributed by atoms with E-state index in [1.54, 1.807) is 24.3 Å². The summed E-state index contributed by atoms with van der Waals surface area (Å²) in [5.41, 5.74) is 0. The van der Waals surface area contributed by atoms with Gasteiger partial charge in [-0.25, -0.2) is 0 Å². The Labute approximate surface area is 188 Å². The molecule has 2 aromatic carbocycles. The first-order chi connectivity index (χ1) is 14.6. The summed E-state index contributed by atoms with van der Waals surface area (Å²) in [4.78, 5) is 12.1. The number of carbonyl (C=O) groups excluding carboxylic acids is 1. The molecule has 0 heterocycles. The van der Waals surface area contributed by atoms with Gasteiger partial charge in [-0.2, -0.15) is 0 Å². The second-order valence-electron chi connectivity index (χ2n) is 7.47. The molecule has 1 amide bonds. The highest BCUT2D eigenvalue weighted by atomic mass is 35.5. The molecule has 162 valence electrons. The van der Waals surface area contributed by atoms with Crippen molar-refractivity contribution in [1.82, 2.24) is 10.6 Å². The van der Waals surface area contributed by atoms with Crippen LogP contribution in [0.2, 0.25) is 10.0 Å². The normalized spacial score (nSPS) is 18.6. The minimum atomic E-state index is -0.0827. The smallest absolute Gasteiger partial charge is 0.258 e. The largest absolute Gasteiger partial charge is 0.494 e. The molecule has 1 aliphatic rings. The third kappa shape index (κ3) is 8.05. The maximum Gasteiger partial charge on any atom is 0.258 e. The fourth-order valence-electron chi connectivity index (χ4n) is 3.49. The highest BCUT2D eigenvalue weighted by Gasteiger charge is 2.22. The average Bonchev–Trinajstić information content (AvgIpc) is 2.75. The van der Waals surface area contributed by atoms with Crippen molar-refractivity contribution >= 4 is 29.1 Å². The highest BCUT2D eigenvalue weighted by molar-refractivity contribution is 6.30. The van der Waals surface area contributed by atoms with Crippen LogP contribution in [-0.2, 0) is 4.79 Å². The number of hydrogen-bond donors (Lipinski definition) is 2. The fraction of sp³-hybridized carbons (Fsp3) is 0.435. The Morgan fingerprint density at radius 1 is 0.833 bits per heavy atom. The molecule has 0 saturated heterocycles. The molecular weight excluding hydrogens is 423 g/mol. The number of rotatable bonds is 10. The zero-order valence-electron chi connectivity index (χ0n) is 16.9. The van der Waals surface area contributed by atoms with Gasteiger partial charge < -0.3 is 20.1 Å². The van der Waals surface area contributed by atoms with Gasteiger partial charge in [0.05, 0.1) is 6.61 Å². The Morgan fingerprint density at radius 3 is 1.97 bits per heavy atom. The molecule has 0 bridgehead atoms. The molecule has 0 radical (unpaired) electrons. The monoisotopic (exact) mass is 450 g/mol. The van der Waals surface area contributed by atoms with Gasteiger partial charge >= 0.3 is 0 Å². The van der Waals surface area contributed by atoms with Crippen LogP contribution in [0.25, 0.3) is 0 Å². The van der Waals surface area contributed by atoms with Crippen molar-refractivity contribution in [3.05, 3.63) is 58.6 Å². The molecule has 0 aromatic heterocycles. The van der Waals surface area contributed by atoms with Crippen molar-refractivity contribution < 1.29 is 14.3 Å². The summed E-state index contributed by atoms with van der Waals surface area (Å²) < 4.78 is 11.2. The lowest BCUT2D eigenvalue weighted by atomic mass is 9.91. The zero-order chi connectivity index (χ0) is 21.2. The van der Waals surface area contributed by atoms with Gasteiger partial charge in [-0.05, 0) is 87.2 Å². The third-order valence-corrected chi connectivity index (χ3v) is 5.62. The van der Waals surface area contributed by atoms with E-state index in [4.69, 9.17) is 32.7 Å². The van der Waals surface area contributed by atoms with E-state index in [-0.39, 0.29) is 18.6 Å². The van der Waals surface area contributed by atoms with Crippen LogP contribution >= 0.6 is 23.2 Å². The van der Waals surface area contributed by atoms with Crippen molar-refractivity contribution in [2.75, 3.05) is 19.8 Å². The van der Waals surface area contributed by atoms with Crippen LogP contribution in [0.1, 0.15) is 32.1 Å². The van der Waals surface area contributed by atoms with E-state index in [0.717, 1.165) is 44.4 Å². The molecule has 0 atom stereocenters. The Kier molecular flexibility index (Phi) is 9.12. The molecule has 0 unspecified atom stereocenters. The van der Waals surface area contributed by atoms with E-state index in [9.17, 15) is 4.79 Å². The van der Waals surface area contributed by atoms with Gasteiger partial charge in [0.2, 0.25) is 0 Å². The van der Waals surface area contributed by atoms with Crippen molar-refractivity contribution in [1.29, 1.82) is 0 Å². The molecule has 7 heteroatoms. The molecule has 30 heavy (non-hydrogen) atoms. The lowest BCUT2D eigenvalue weighted by molar-refractivity contribution is -0.124. The van der Waals surface area contributed by atoms with Gasteiger partial charge in [0.25, 0.3) is 5.91 Å². The Balaban J connectivity index is 1.23. The topological polar surface area (TPSA) is 59.6 Å². The lowest BCUT2D eigenvalue weighted by Gasteiger charge is -2.29. The quantitative estimate of drug-likeness (QED) is 0.507. The predicted octanol–water partition coefficient (Wildman–Crippen LogP) is 4.86. The summed E-state index contributed by atoms with van der Waals surface area (Å²) in [6.45, 7) is 1.62. The van der Waals surface area contributed by atoms with Gasteiger partial charge in [0.1, 0.15) is 11.5 Å². The first-order valence-corrected chi connectivity index (χ1v) is 11.1. The Morgan fingerprint density at radius 2 is 1.37 bits per heavy atom. The minimum absolute atomic E-state index is 0.0213. The molecule has 1 aliphatic carbocycles. The first-order valence-electron chi connectivity index (χ1n) is 10.4. The zero-order valence-corrected chi connectivity index (χ0v) is 18.4. The van der Waals surface area contributed by atoms with Crippen molar-refractivity contribution in [2.45, 2.75) is 44.2 Å². The molecule has 2 aromatic rings. The Hall–Kier alpha value is -1.95. The summed E-state index contributed by atoms with van der Waals surface area (Å²) in [5.74, 6) is 1.40. The van der Waals surface area contributed by atoms with E-state index in [1.165, 1.54) is 0 Å². The number of benzene rings is 2. The van der Waals surface area contributed by atoms with Crippen LogP contribution in [-0.4, -0.2) is 37.7 Å². The number of hydrogen-bond acceptors (Lipinski definition) is 4. The first kappa shape index (κ1) is 22.7. The lowest BCUT2D eigenvalue weighted by Crippen LogP contribution is -2.43. The molecule has 3 rings (SSSR count). The van der Waals surface area contributed by atoms with Crippen LogP contribution in [0.15, 0.2) is 48.5 Å². The van der Waals surface area contributed by atoms with Gasteiger partial charge in [-0.15, -0.1) is 0 Å². The number of amides is 1. The maximum atomic E-state index is 12.1. The highest BCUT2D eigenvalue weighted by Crippen LogP contribution is 2.19. The number of ether oxygens (including phenoxy) is 2. The van der Waals surface area contributed by atoms with E-state index < -0.39 is 0 Å². The van der Waals surface area contributed by atoms with E-state index in [0.29, 0.717) is 28.4 Å². The molecule has 0 aliphatic heterocycles. The van der Waals surface area contributed by atoms with Gasteiger partial charge in [0.15, 0.2) is 6.61 Å². The number of halogens is 2. The third-order valence-electron chi connectivity index (χ3n) is 5.11. The molecule has 2 N–H and O–H groups in total. The average molecular weight is 451 g/mol. The van der Waals surface area contributed by atoms with E-state index in [1.807, 2.05) is 24.3 Å². The van der Waals surface area contributed by atoms with Gasteiger partial charge in [0, 0.05) is 22.1 Å². The fourth-order valence-corrected chi connectivity index (χ4v) is 3.74. The molecule has 1 fully saturated rings. The second kappa shape index (κ2) is 12.0. The van der Waals surface area contributed by atoms with Gasteiger partial charge in [-0.1, -0.05) is 23.2 Å². The second-order valence-corrected chi connectivity index (χ2v) is 8.34. The van der Waals surface area contributed by atoms with E-state index >= 15 is 0 Å². The maximum absolute atomic E-state index is 12.1. The van der Waals surface area contributed by atoms with Crippen LogP contribution in [0.5, 0.6) is 11.5 Å². The van der Waals surface area contributed by atoms with Gasteiger partial charge in [-0.3, -0.25) is 4.79 Å². The SMILES string of the molecule is O=C(COc1ccc(Cl)cc1)NC1CCC(NCCCOc2ccc(Cl)cc2)CC1. The summed E-state index contributed by atoms with van der Waals surface area (Å²) in [6, 6.07) is 15.1. The summed E-state index contributed by atoms with van der Waals surface area (Å²) in [5, 5.41) is 8.02. The molecule has 1 saturated carbocycles. The molecular formula is C23H28Cl2N2O3. The van der Waals surface area contributed by atoms with Crippen LogP contribution in [0.3, 0.4) is 0 Å². The molecule has 5 nitrogen and oxygen atoms in total. The summed E-state index contributed by atoms with van der Waals surface area (Å²) in [6.07, 6.45) is 5.01. The van der Waals surface area contributed by atoms with Crippen LogP contribution < -0.4 is 20.1 Å². The summed E-state index contributed by atoms with van der Waals surface area (Å²) >= 11 is 11.7. The van der Waals surface area contributed by atoms with Crippen molar-refractivity contribution in [3.8, 4) is 11.5 Å². The number of carbonyl (C=O) groups is 1. The number of nitrogens with one attached hydrogen (secondary N) is 2. The van der Waals surface area contributed by atoms with Crippen LogP contribution in [0, 0.1) is 0 Å². The van der Waals surface area contributed by atoms with E-state index in [2.05, 4.69) is 10.6 Å². The van der Waals surface area contributed by atoms with Crippen molar-refractivity contribution in [3.63, 3.8) is 0 Å². The predicted molar refractivity (Wildman–Crippen MR) is 121 cm³/mol. The summed E-state index contributed by atoms with van der Waals surface area (Å²) in [7, 11) is 0. The Bertz CT molecular complexity index is 776. The minimum Gasteiger partial charge on any atom is -0.494 e. The molecule has 0 spiro atoms. The standard InChI is InChI=1S/C23H28Cl2N2O3/c24-17-2-10-21(11-3-17)29-15-1-14-26-19-6-8-20(9-7-19)27-23(28)16-30-22-12-4-18(25)5-13-22/h2-5,10-13,19-20,26H,1,6-9,14-16H2,(H,27,28).